The van der Waals surface area contributed by atoms with Gasteiger partial charge in [0, 0.05) is 24.6 Å². The van der Waals surface area contributed by atoms with Crippen LogP contribution in [0.15, 0.2) is 36.4 Å². The van der Waals surface area contributed by atoms with E-state index < -0.39 is 21.1 Å². The smallest absolute Gasteiger partial charge is 0.295 e. The molecule has 0 saturated heterocycles. The molecule has 0 heterocycles. The number of likely N-dealkylation sites (N-methyl/N-ethyl adjacent to an activating group) is 2. The highest BCUT2D eigenvalue weighted by atomic mass is 28.3. The van der Waals surface area contributed by atoms with E-state index in [1.807, 2.05) is 75.5 Å². The second-order valence-corrected chi connectivity index (χ2v) is 21.8. The van der Waals surface area contributed by atoms with Crippen LogP contribution in [0.2, 0.25) is 39.3 Å². The zero-order valence-electron chi connectivity index (χ0n) is 25.8. The summed E-state index contributed by atoms with van der Waals surface area (Å²) in [6, 6.07) is 13.6. The standard InChI is InChI=1S/C15H22N2O3Si.C15H24N2OSi/c1-16(2)10-11-20-15-7-6-14(21(3,4)5)12-13(15)8-9-17(18)19;1-17(2)9-10-18-15-7-6-13(12-14(15)16)8-11-19(3,4)5/h6-7,12H,10-11H2,1-5H3;6-7,12H,9-10,16H2,1-5H3. The van der Waals surface area contributed by atoms with E-state index in [0.717, 1.165) is 24.4 Å². The van der Waals surface area contributed by atoms with Gasteiger partial charge in [-0.05, 0) is 58.5 Å². The van der Waals surface area contributed by atoms with Crippen molar-refractivity contribution in [3.05, 3.63) is 57.6 Å². The molecule has 0 bridgehead atoms. The highest BCUT2D eigenvalue weighted by molar-refractivity contribution is 6.88. The molecular weight excluding hydrogens is 537 g/mol. The normalized spacial score (nSPS) is 11.0. The molecule has 0 unspecified atom stereocenters. The van der Waals surface area contributed by atoms with E-state index in [0.29, 0.717) is 30.2 Å². The Kier molecular flexibility index (Phi) is 14.0. The summed E-state index contributed by atoms with van der Waals surface area (Å²) < 4.78 is 11.3. The number of nitrogens with two attached hydrogens (primary N) is 1. The zero-order chi connectivity index (χ0) is 30.5. The maximum absolute atomic E-state index is 10.5. The van der Waals surface area contributed by atoms with Crippen molar-refractivity contribution in [1.82, 2.24) is 9.80 Å². The Morgan fingerprint density at radius 2 is 1.40 bits per heavy atom. The van der Waals surface area contributed by atoms with Crippen LogP contribution in [0.1, 0.15) is 11.1 Å². The van der Waals surface area contributed by atoms with Crippen LogP contribution in [0.25, 0.3) is 0 Å². The minimum atomic E-state index is -1.49. The fourth-order valence-corrected chi connectivity index (χ4v) is 4.70. The first-order valence-corrected chi connectivity index (χ1v) is 20.3. The first-order chi connectivity index (χ1) is 18.5. The Morgan fingerprint density at radius 1 is 0.850 bits per heavy atom. The van der Waals surface area contributed by atoms with Crippen LogP contribution in [0.3, 0.4) is 0 Å². The zero-order valence-corrected chi connectivity index (χ0v) is 27.8. The topological polar surface area (TPSA) is 94.1 Å². The lowest BCUT2D eigenvalue weighted by Crippen LogP contribution is -2.37. The second-order valence-electron chi connectivity index (χ2n) is 12.0. The van der Waals surface area contributed by atoms with Gasteiger partial charge in [0.2, 0.25) is 0 Å². The minimum Gasteiger partial charge on any atom is -0.491 e. The van der Waals surface area contributed by atoms with Crippen molar-refractivity contribution in [2.24, 2.45) is 0 Å². The van der Waals surface area contributed by atoms with Crippen LogP contribution in [0.4, 0.5) is 5.69 Å². The third-order valence-corrected chi connectivity index (χ3v) is 8.23. The number of rotatable bonds is 9. The van der Waals surface area contributed by atoms with Gasteiger partial charge in [0.1, 0.15) is 37.7 Å². The quantitative estimate of drug-likeness (QED) is 0.118. The summed E-state index contributed by atoms with van der Waals surface area (Å²) in [5.41, 5.74) is 11.5. The van der Waals surface area contributed by atoms with Crippen LogP contribution in [-0.4, -0.2) is 85.4 Å². The molecule has 0 aliphatic carbocycles. The summed E-state index contributed by atoms with van der Waals surface area (Å²) in [4.78, 5) is 13.9. The fourth-order valence-electron chi connectivity index (χ4n) is 3.02. The number of nitrogen functional groups attached to an aromatic ring is 1. The predicted molar refractivity (Wildman–Crippen MR) is 172 cm³/mol. The van der Waals surface area contributed by atoms with Crippen LogP contribution < -0.4 is 20.4 Å². The lowest BCUT2D eigenvalue weighted by Gasteiger charge is -2.18. The Bertz CT molecular complexity index is 1240. The summed E-state index contributed by atoms with van der Waals surface area (Å²) in [5.74, 6) is 7.13. The number of anilines is 1. The third-order valence-electron chi connectivity index (χ3n) is 5.31. The van der Waals surface area contributed by atoms with Crippen LogP contribution in [0.5, 0.6) is 11.5 Å². The van der Waals surface area contributed by atoms with E-state index in [2.05, 4.69) is 61.6 Å². The molecule has 0 aromatic heterocycles. The molecule has 2 aromatic carbocycles. The van der Waals surface area contributed by atoms with Crippen molar-refractivity contribution in [3.63, 3.8) is 0 Å². The fraction of sp³-hybridized carbons (Fsp3) is 0.467. The van der Waals surface area contributed by atoms with Crippen molar-refractivity contribution in [1.29, 1.82) is 0 Å². The number of benzene rings is 2. The Balaban J connectivity index is 0.000000402. The van der Waals surface area contributed by atoms with Gasteiger partial charge in [-0.25, -0.2) is 10.1 Å². The Morgan fingerprint density at radius 3 is 1.88 bits per heavy atom. The molecule has 0 saturated carbocycles. The van der Waals surface area contributed by atoms with Gasteiger partial charge >= 0.3 is 0 Å². The van der Waals surface area contributed by atoms with Gasteiger partial charge in [-0.15, -0.1) is 5.54 Å². The van der Waals surface area contributed by atoms with Gasteiger partial charge in [-0.1, -0.05) is 56.5 Å². The summed E-state index contributed by atoms with van der Waals surface area (Å²) >= 11 is 0. The summed E-state index contributed by atoms with van der Waals surface area (Å²) in [7, 11) is 5.12. The Labute approximate surface area is 243 Å². The largest absolute Gasteiger partial charge is 0.491 e. The van der Waals surface area contributed by atoms with E-state index in [4.69, 9.17) is 15.2 Å². The van der Waals surface area contributed by atoms with Crippen molar-refractivity contribution in [2.45, 2.75) is 39.3 Å². The van der Waals surface area contributed by atoms with Crippen molar-refractivity contribution >= 4 is 27.0 Å². The number of hydrogen-bond donors (Lipinski definition) is 1. The highest BCUT2D eigenvalue weighted by Crippen LogP contribution is 2.22. The first-order valence-electron chi connectivity index (χ1n) is 13.3. The lowest BCUT2D eigenvalue weighted by atomic mass is 10.2. The molecule has 0 aliphatic heterocycles. The number of hydrogen-bond acceptors (Lipinski definition) is 7. The van der Waals surface area contributed by atoms with Crippen molar-refractivity contribution in [3.8, 4) is 34.9 Å². The maximum Gasteiger partial charge on any atom is 0.295 e. The molecule has 40 heavy (non-hydrogen) atoms. The van der Waals surface area contributed by atoms with Crippen molar-refractivity contribution < 1.29 is 14.4 Å². The van der Waals surface area contributed by atoms with E-state index in [1.54, 1.807) is 0 Å². The molecule has 2 rings (SSSR count). The minimum absolute atomic E-state index is 0.520. The molecule has 218 valence electrons. The van der Waals surface area contributed by atoms with Gasteiger partial charge in [-0.2, -0.15) is 0 Å². The molecule has 2 N–H and O–H groups in total. The predicted octanol–water partition coefficient (Wildman–Crippen LogP) is 4.20. The average Bonchev–Trinajstić information content (AvgIpc) is 2.82. The molecule has 0 aliphatic rings. The summed E-state index contributed by atoms with van der Waals surface area (Å²) in [6.45, 7) is 16.1. The van der Waals surface area contributed by atoms with Crippen LogP contribution in [0, 0.1) is 33.5 Å². The lowest BCUT2D eigenvalue weighted by molar-refractivity contribution is -0.379. The van der Waals surface area contributed by atoms with Gasteiger partial charge in [0.05, 0.1) is 19.3 Å². The molecule has 0 spiro atoms. The number of ether oxygens (including phenoxy) is 2. The Hall–Kier alpha value is -3.29. The second kappa shape index (κ2) is 16.1. The van der Waals surface area contributed by atoms with E-state index in [9.17, 15) is 10.1 Å². The summed E-state index contributed by atoms with van der Waals surface area (Å²) in [6.07, 6.45) is 0. The molecular formula is C30H46N4O4Si2. The molecule has 10 heteroatoms. The van der Waals surface area contributed by atoms with Crippen LogP contribution in [-0.2, 0) is 0 Å². The molecule has 0 fully saturated rings. The number of nitro groups is 1. The maximum atomic E-state index is 10.5. The van der Waals surface area contributed by atoms with E-state index in [1.165, 1.54) is 5.19 Å². The van der Waals surface area contributed by atoms with Crippen LogP contribution >= 0.6 is 0 Å². The SMILES string of the molecule is CN(C)CCOc1ccc(C#C[Si](C)(C)C)cc1N.CN(C)CCOc1ccc([Si](C)(C)C)cc1C#C[N+](=O)[O-]. The van der Waals surface area contributed by atoms with Gasteiger partial charge < -0.3 is 25.0 Å². The number of nitrogens with zero attached hydrogens (tertiary/aromatic N) is 3. The monoisotopic (exact) mass is 582 g/mol. The third kappa shape index (κ3) is 14.8. The molecule has 0 atom stereocenters. The molecule has 8 nitrogen and oxygen atoms in total. The van der Waals surface area contributed by atoms with Gasteiger partial charge in [0.25, 0.3) is 6.04 Å². The molecule has 2 aromatic rings. The van der Waals surface area contributed by atoms with Gasteiger partial charge in [-0.3, -0.25) is 0 Å². The van der Waals surface area contributed by atoms with E-state index in [-0.39, 0.29) is 0 Å². The van der Waals surface area contributed by atoms with Crippen molar-refractivity contribution in [2.75, 3.05) is 60.2 Å². The van der Waals surface area contributed by atoms with E-state index >= 15 is 0 Å². The molecule has 0 amide bonds. The summed E-state index contributed by atoms with van der Waals surface area (Å²) in [5, 5.41) is 11.7. The first kappa shape index (κ1) is 34.7. The highest BCUT2D eigenvalue weighted by Gasteiger charge is 2.18. The average molecular weight is 583 g/mol. The van der Waals surface area contributed by atoms with Gasteiger partial charge in [0.15, 0.2) is 0 Å². The molecule has 0 radical (unpaired) electrons.